The van der Waals surface area contributed by atoms with Crippen molar-refractivity contribution in [1.29, 1.82) is 0 Å². The maximum atomic E-state index is 15.6. The largest absolute Gasteiger partial charge is 0.420 e. The first-order valence-corrected chi connectivity index (χ1v) is 15.9. The number of nitrogens with zero attached hydrogens (tertiary/aromatic N) is 3. The third kappa shape index (κ3) is 4.79. The number of carbonyl (C=O) groups is 1. The minimum absolute atomic E-state index is 0.00256. The molecule has 0 unspecified atom stereocenters. The van der Waals surface area contributed by atoms with Crippen molar-refractivity contribution in [2.24, 2.45) is 0 Å². The molecule has 1 aromatic carbocycles. The predicted molar refractivity (Wildman–Crippen MR) is 144 cm³/mol. The van der Waals surface area contributed by atoms with Gasteiger partial charge >= 0.3 is 6.18 Å². The van der Waals surface area contributed by atoms with Crippen molar-refractivity contribution in [3.05, 3.63) is 51.3 Å². The first-order chi connectivity index (χ1) is 19.5. The summed E-state index contributed by atoms with van der Waals surface area (Å²) in [6.45, 7) is 1.14. The minimum atomic E-state index is -4.84. The van der Waals surface area contributed by atoms with E-state index in [4.69, 9.17) is 0 Å². The van der Waals surface area contributed by atoms with E-state index in [0.717, 1.165) is 37.3 Å². The highest BCUT2D eigenvalue weighted by Crippen LogP contribution is 2.47. The Bertz CT molecular complexity index is 1700. The summed E-state index contributed by atoms with van der Waals surface area (Å²) < 4.78 is 84.0. The summed E-state index contributed by atoms with van der Waals surface area (Å²) in [7, 11) is -3.91. The number of fused-ring (bicyclic) bond motifs is 2. The van der Waals surface area contributed by atoms with E-state index in [2.05, 4.69) is 20.6 Å². The summed E-state index contributed by atoms with van der Waals surface area (Å²) in [5.74, 6) is -1.30. The van der Waals surface area contributed by atoms with Crippen molar-refractivity contribution in [3.63, 3.8) is 0 Å². The van der Waals surface area contributed by atoms with Crippen molar-refractivity contribution >= 4 is 38.7 Å². The van der Waals surface area contributed by atoms with Gasteiger partial charge in [0.15, 0.2) is 9.84 Å². The van der Waals surface area contributed by atoms with Crippen molar-refractivity contribution < 1.29 is 30.8 Å². The first-order valence-electron chi connectivity index (χ1n) is 13.5. The summed E-state index contributed by atoms with van der Waals surface area (Å²) in [4.78, 5) is 22.4. The predicted octanol–water partition coefficient (Wildman–Crippen LogP) is 5.02. The van der Waals surface area contributed by atoms with Crippen LogP contribution in [-0.2, 0) is 29.0 Å². The molecule has 0 radical (unpaired) electrons. The summed E-state index contributed by atoms with van der Waals surface area (Å²) in [5.41, 5.74) is 0.599. The van der Waals surface area contributed by atoms with Crippen LogP contribution >= 0.6 is 11.3 Å². The topological polar surface area (TPSA) is 104 Å². The van der Waals surface area contributed by atoms with E-state index in [1.165, 1.54) is 4.90 Å². The molecule has 3 aromatic rings. The van der Waals surface area contributed by atoms with Gasteiger partial charge in [0.2, 0.25) is 5.95 Å². The van der Waals surface area contributed by atoms with E-state index in [-0.39, 0.29) is 50.7 Å². The molecule has 0 saturated heterocycles. The van der Waals surface area contributed by atoms with Crippen LogP contribution in [0.15, 0.2) is 23.2 Å². The van der Waals surface area contributed by atoms with Crippen LogP contribution < -0.4 is 10.6 Å². The van der Waals surface area contributed by atoms with Crippen molar-refractivity contribution in [2.45, 2.75) is 61.7 Å². The molecule has 2 fully saturated rings. The number of aromatic nitrogens is 2. The molecule has 0 spiro atoms. The van der Waals surface area contributed by atoms with Crippen LogP contribution in [0.4, 0.5) is 29.2 Å². The number of nitrogens with one attached hydrogen (secondary N) is 2. The van der Waals surface area contributed by atoms with Gasteiger partial charge in [0, 0.05) is 42.1 Å². The molecule has 2 aromatic heterocycles. The Morgan fingerprint density at radius 2 is 1.93 bits per heavy atom. The molecule has 2 aliphatic carbocycles. The molecule has 2 N–H and O–H groups in total. The standard InChI is InChI=1S/C27H25F4N5O3S2/c28-22-16-11-32-6-5-14(16)9-18(21(22)13-1-2-13)34-26-33-12-17(27(29,30)31)23(35-26)19-10-20-24(40-19)25(37)36(15-3-4-15)7-8-41(20,38)39/h9-10,12-13,15,32H,1-8,11H2,(H,33,34,35). The summed E-state index contributed by atoms with van der Waals surface area (Å²) >= 11 is 0.690. The number of thiophene rings is 1. The zero-order chi connectivity index (χ0) is 28.7. The van der Waals surface area contributed by atoms with E-state index in [1.54, 1.807) is 0 Å². The summed E-state index contributed by atoms with van der Waals surface area (Å²) in [5, 5.41) is 6.13. The van der Waals surface area contributed by atoms with Gasteiger partial charge in [-0.2, -0.15) is 13.2 Å². The Kier molecular flexibility index (Phi) is 6.18. The van der Waals surface area contributed by atoms with Crippen LogP contribution in [0.5, 0.6) is 0 Å². The summed E-state index contributed by atoms with van der Waals surface area (Å²) in [6, 6.07) is 2.88. The molecule has 8 nitrogen and oxygen atoms in total. The van der Waals surface area contributed by atoms with Crippen LogP contribution in [0.1, 0.15) is 63.5 Å². The van der Waals surface area contributed by atoms with Crippen LogP contribution in [0.2, 0.25) is 0 Å². The maximum absolute atomic E-state index is 15.6. The lowest BCUT2D eigenvalue weighted by Crippen LogP contribution is -2.34. The van der Waals surface area contributed by atoms with E-state index < -0.39 is 33.2 Å². The number of alkyl halides is 3. The molecule has 7 rings (SSSR count). The number of benzene rings is 1. The van der Waals surface area contributed by atoms with Crippen LogP contribution in [0.25, 0.3) is 10.6 Å². The Morgan fingerprint density at radius 1 is 1.15 bits per heavy atom. The maximum Gasteiger partial charge on any atom is 0.420 e. The lowest BCUT2D eigenvalue weighted by atomic mass is 9.94. The van der Waals surface area contributed by atoms with Gasteiger partial charge in [-0.3, -0.25) is 4.79 Å². The third-order valence-electron chi connectivity index (χ3n) is 8.01. The van der Waals surface area contributed by atoms with E-state index in [1.807, 2.05) is 6.07 Å². The van der Waals surface area contributed by atoms with Gasteiger partial charge in [0.05, 0.1) is 21.2 Å². The van der Waals surface area contributed by atoms with Gasteiger partial charge in [-0.1, -0.05) is 0 Å². The van der Waals surface area contributed by atoms with Gasteiger partial charge in [-0.05, 0) is 62.3 Å². The summed E-state index contributed by atoms with van der Waals surface area (Å²) in [6.07, 6.45) is -0.468. The van der Waals surface area contributed by atoms with Gasteiger partial charge in [-0.25, -0.2) is 22.8 Å². The highest BCUT2D eigenvalue weighted by molar-refractivity contribution is 7.91. The number of anilines is 2. The lowest BCUT2D eigenvalue weighted by molar-refractivity contribution is -0.137. The Balaban J connectivity index is 1.33. The van der Waals surface area contributed by atoms with Crippen molar-refractivity contribution in [2.75, 3.05) is 24.2 Å². The van der Waals surface area contributed by atoms with Crippen LogP contribution in [0, 0.1) is 5.82 Å². The van der Waals surface area contributed by atoms with Crippen LogP contribution in [0.3, 0.4) is 0 Å². The molecule has 0 atom stereocenters. The minimum Gasteiger partial charge on any atom is -0.334 e. The Morgan fingerprint density at radius 3 is 2.63 bits per heavy atom. The van der Waals surface area contributed by atoms with E-state index in [0.29, 0.717) is 53.9 Å². The second-order valence-corrected chi connectivity index (χ2v) is 14.1. The van der Waals surface area contributed by atoms with Gasteiger partial charge < -0.3 is 15.5 Å². The fourth-order valence-corrected chi connectivity index (χ4v) is 8.53. The molecular weight excluding hydrogens is 582 g/mol. The van der Waals surface area contributed by atoms with Crippen molar-refractivity contribution in [3.8, 4) is 10.6 Å². The fraction of sp³-hybridized carbons (Fsp3) is 0.444. The zero-order valence-corrected chi connectivity index (χ0v) is 23.3. The number of sulfone groups is 1. The number of hydrogen-bond donors (Lipinski definition) is 2. The number of hydrogen-bond acceptors (Lipinski definition) is 8. The van der Waals surface area contributed by atoms with Crippen molar-refractivity contribution in [1.82, 2.24) is 20.2 Å². The second-order valence-electron chi connectivity index (χ2n) is 10.9. The molecule has 2 aliphatic heterocycles. The normalized spacial score (nSPS) is 20.4. The monoisotopic (exact) mass is 607 g/mol. The molecule has 1 amide bonds. The van der Waals surface area contributed by atoms with Gasteiger partial charge in [-0.15, -0.1) is 11.3 Å². The fourth-order valence-electron chi connectivity index (χ4n) is 5.61. The quantitative estimate of drug-likeness (QED) is 0.393. The van der Waals surface area contributed by atoms with Gasteiger partial charge in [0.1, 0.15) is 16.3 Å². The molecule has 4 aliphatic rings. The molecule has 41 heavy (non-hydrogen) atoms. The van der Waals surface area contributed by atoms with E-state index in [9.17, 15) is 26.4 Å². The average molecular weight is 608 g/mol. The third-order valence-corrected chi connectivity index (χ3v) is 11.0. The SMILES string of the molecule is O=C1c2sc(-c3nc(Nc4cc5c(c(F)c4C4CC4)CNCC5)ncc3C(F)(F)F)cc2S(=O)(=O)CCN1C1CC1. The lowest BCUT2D eigenvalue weighted by Gasteiger charge is -2.22. The molecule has 2 saturated carbocycles. The first kappa shape index (κ1) is 26.8. The Hall–Kier alpha value is -3.10. The highest BCUT2D eigenvalue weighted by Gasteiger charge is 2.42. The molecule has 14 heteroatoms. The number of amides is 1. The average Bonchev–Trinajstić information content (AvgIpc) is 3.86. The number of halogens is 4. The van der Waals surface area contributed by atoms with Gasteiger partial charge in [0.25, 0.3) is 5.91 Å². The smallest absolute Gasteiger partial charge is 0.334 e. The zero-order valence-electron chi connectivity index (χ0n) is 21.6. The molecular formula is C27H25F4N5O3S2. The molecule has 4 heterocycles. The number of carbonyl (C=O) groups excluding carboxylic acids is 1. The number of rotatable bonds is 5. The molecule has 216 valence electrons. The van der Waals surface area contributed by atoms with Crippen LogP contribution in [-0.4, -0.2) is 54.1 Å². The molecule has 0 bridgehead atoms. The highest BCUT2D eigenvalue weighted by atomic mass is 32.2. The Labute approximate surface area is 237 Å². The van der Waals surface area contributed by atoms with E-state index >= 15 is 4.39 Å². The second kappa shape index (κ2) is 9.46.